The molecule has 2 heterocycles. The number of aromatic nitrogens is 2. The zero-order valence-corrected chi connectivity index (χ0v) is 15.4. The third kappa shape index (κ3) is 4.39. The Balaban J connectivity index is 2.31. The Labute approximate surface area is 150 Å². The Bertz CT molecular complexity index is 823. The number of amides is 1. The van der Waals surface area contributed by atoms with Gasteiger partial charge in [0.15, 0.2) is 5.69 Å². The molecule has 0 bridgehead atoms. The van der Waals surface area contributed by atoms with Crippen molar-refractivity contribution in [1.82, 2.24) is 9.55 Å². The van der Waals surface area contributed by atoms with Gasteiger partial charge in [0.2, 0.25) is 5.91 Å². The molecule has 3 N–H and O–H groups in total. The molecule has 0 spiro atoms. The lowest BCUT2D eigenvalue weighted by Gasteiger charge is -2.23. The summed E-state index contributed by atoms with van der Waals surface area (Å²) in [6.45, 7) is 4.50. The molecule has 0 aliphatic heterocycles. The summed E-state index contributed by atoms with van der Waals surface area (Å²) in [5.74, 6) is -0.139. The number of anilines is 2. The fourth-order valence-corrected chi connectivity index (χ4v) is 3.36. The first-order valence-corrected chi connectivity index (χ1v) is 9.37. The van der Waals surface area contributed by atoms with Crippen LogP contribution < -0.4 is 21.9 Å². The molecule has 136 valence electrons. The Kier molecular flexibility index (Phi) is 6.58. The van der Waals surface area contributed by atoms with E-state index in [2.05, 4.69) is 4.98 Å². The summed E-state index contributed by atoms with van der Waals surface area (Å²) < 4.78 is 1.33. The number of nitrogens with one attached hydrogen (secondary N) is 1. The molecule has 0 aliphatic carbocycles. The van der Waals surface area contributed by atoms with Gasteiger partial charge in [-0.3, -0.25) is 19.1 Å². The number of nitrogen functional groups attached to an aromatic ring is 1. The van der Waals surface area contributed by atoms with Crippen molar-refractivity contribution in [3.63, 3.8) is 0 Å². The van der Waals surface area contributed by atoms with Crippen molar-refractivity contribution in [3.8, 4) is 0 Å². The van der Waals surface area contributed by atoms with Gasteiger partial charge in [-0.05, 0) is 42.2 Å². The topological polar surface area (TPSA) is 101 Å². The molecule has 7 nitrogen and oxygen atoms in total. The highest BCUT2D eigenvalue weighted by Crippen LogP contribution is 2.19. The van der Waals surface area contributed by atoms with Crippen LogP contribution in [0.1, 0.15) is 38.7 Å². The predicted octanol–water partition coefficient (Wildman–Crippen LogP) is 1.97. The van der Waals surface area contributed by atoms with Crippen LogP contribution >= 0.6 is 11.3 Å². The van der Waals surface area contributed by atoms with Crippen LogP contribution in [0.5, 0.6) is 0 Å². The van der Waals surface area contributed by atoms with Gasteiger partial charge < -0.3 is 10.6 Å². The number of unbranched alkanes of at least 4 members (excludes halogenated alkanes) is 1. The number of H-pyrrole nitrogens is 1. The second-order valence-electron chi connectivity index (χ2n) is 5.77. The van der Waals surface area contributed by atoms with Crippen molar-refractivity contribution >= 4 is 28.7 Å². The Morgan fingerprint density at radius 1 is 1.36 bits per heavy atom. The lowest BCUT2D eigenvalue weighted by molar-refractivity contribution is -0.118. The molecule has 0 fully saturated rings. The van der Waals surface area contributed by atoms with Crippen LogP contribution in [0.15, 0.2) is 26.4 Å². The van der Waals surface area contributed by atoms with E-state index in [4.69, 9.17) is 5.73 Å². The van der Waals surface area contributed by atoms with E-state index in [0.717, 1.165) is 18.4 Å². The molecule has 2 aromatic heterocycles. The highest BCUT2D eigenvalue weighted by atomic mass is 32.1. The van der Waals surface area contributed by atoms with Gasteiger partial charge >= 0.3 is 5.69 Å². The van der Waals surface area contributed by atoms with E-state index in [-0.39, 0.29) is 23.8 Å². The van der Waals surface area contributed by atoms with Crippen LogP contribution in [-0.4, -0.2) is 22.0 Å². The lowest BCUT2D eigenvalue weighted by atomic mass is 10.1. The Morgan fingerprint density at radius 2 is 2.12 bits per heavy atom. The number of aryl methyl sites for hydroxylation is 1. The minimum Gasteiger partial charge on any atom is -0.383 e. The number of hydrogen-bond acceptors (Lipinski definition) is 5. The first-order valence-electron chi connectivity index (χ1n) is 8.43. The quantitative estimate of drug-likeness (QED) is 0.747. The first kappa shape index (κ1) is 19.0. The molecule has 0 saturated carbocycles. The molecule has 2 rings (SSSR count). The fraction of sp³-hybridized carbons (Fsp3) is 0.471. The van der Waals surface area contributed by atoms with E-state index >= 15 is 0 Å². The van der Waals surface area contributed by atoms with Gasteiger partial charge in [-0.15, -0.1) is 0 Å². The molecule has 0 saturated heterocycles. The number of carbonyl (C=O) groups is 1. The number of nitrogens with zero attached hydrogens (tertiary/aromatic N) is 2. The summed E-state index contributed by atoms with van der Waals surface area (Å²) >= 11 is 1.58. The maximum absolute atomic E-state index is 12.6. The molecule has 0 aliphatic rings. The number of aromatic amines is 1. The second kappa shape index (κ2) is 8.66. The summed E-state index contributed by atoms with van der Waals surface area (Å²) in [5, 5.41) is 3.96. The maximum atomic E-state index is 12.6. The first-order chi connectivity index (χ1) is 12.0. The SMILES string of the molecule is CCCCn1c(N)c(N(CC)C(=O)CCc2ccsc2)c(=O)[nH]c1=O. The zero-order valence-electron chi connectivity index (χ0n) is 14.6. The van der Waals surface area contributed by atoms with Crippen molar-refractivity contribution in [2.24, 2.45) is 0 Å². The minimum absolute atomic E-state index is 0.0490. The highest BCUT2D eigenvalue weighted by molar-refractivity contribution is 7.07. The van der Waals surface area contributed by atoms with Gasteiger partial charge in [0.1, 0.15) is 5.82 Å². The monoisotopic (exact) mass is 364 g/mol. The van der Waals surface area contributed by atoms with Crippen LogP contribution in [-0.2, 0) is 17.8 Å². The lowest BCUT2D eigenvalue weighted by Crippen LogP contribution is -2.41. The van der Waals surface area contributed by atoms with Crippen LogP contribution in [0.4, 0.5) is 11.5 Å². The van der Waals surface area contributed by atoms with Crippen LogP contribution in [0.2, 0.25) is 0 Å². The van der Waals surface area contributed by atoms with E-state index in [9.17, 15) is 14.4 Å². The van der Waals surface area contributed by atoms with Gasteiger partial charge in [-0.2, -0.15) is 11.3 Å². The molecule has 2 aromatic rings. The summed E-state index contributed by atoms with van der Waals surface area (Å²) in [6.07, 6.45) is 2.52. The molecular weight excluding hydrogens is 340 g/mol. The van der Waals surface area contributed by atoms with Crippen molar-refractivity contribution in [2.75, 3.05) is 17.2 Å². The third-order valence-corrected chi connectivity index (χ3v) is 4.78. The maximum Gasteiger partial charge on any atom is 0.330 e. The molecule has 25 heavy (non-hydrogen) atoms. The summed E-state index contributed by atoms with van der Waals surface area (Å²) in [7, 11) is 0. The van der Waals surface area contributed by atoms with E-state index < -0.39 is 11.2 Å². The van der Waals surface area contributed by atoms with E-state index in [1.54, 1.807) is 18.3 Å². The number of nitrogens with two attached hydrogens (primary N) is 1. The summed E-state index contributed by atoms with van der Waals surface area (Å²) in [5.41, 5.74) is 6.07. The van der Waals surface area contributed by atoms with Gasteiger partial charge in [0.25, 0.3) is 5.56 Å². The smallest absolute Gasteiger partial charge is 0.330 e. The molecular formula is C17H24N4O3S. The van der Waals surface area contributed by atoms with Crippen molar-refractivity contribution in [3.05, 3.63) is 43.2 Å². The number of rotatable bonds is 8. The number of hydrogen-bond donors (Lipinski definition) is 2. The molecule has 8 heteroatoms. The predicted molar refractivity (Wildman–Crippen MR) is 101 cm³/mol. The van der Waals surface area contributed by atoms with Gasteiger partial charge in [0, 0.05) is 19.5 Å². The molecule has 0 aromatic carbocycles. The minimum atomic E-state index is -0.624. The van der Waals surface area contributed by atoms with Crippen molar-refractivity contribution < 1.29 is 4.79 Å². The van der Waals surface area contributed by atoms with Crippen LogP contribution in [0, 0.1) is 0 Å². The average molecular weight is 364 g/mol. The van der Waals surface area contributed by atoms with E-state index in [0.29, 0.717) is 19.5 Å². The average Bonchev–Trinajstić information content (AvgIpc) is 3.09. The van der Waals surface area contributed by atoms with Crippen LogP contribution in [0.25, 0.3) is 0 Å². The number of carbonyl (C=O) groups excluding carboxylic acids is 1. The Hall–Kier alpha value is -2.35. The third-order valence-electron chi connectivity index (χ3n) is 4.04. The van der Waals surface area contributed by atoms with Gasteiger partial charge in [-0.1, -0.05) is 13.3 Å². The Morgan fingerprint density at radius 3 is 2.72 bits per heavy atom. The van der Waals surface area contributed by atoms with E-state index in [1.807, 2.05) is 23.8 Å². The summed E-state index contributed by atoms with van der Waals surface area (Å²) in [4.78, 5) is 40.5. The number of thiophene rings is 1. The highest BCUT2D eigenvalue weighted by Gasteiger charge is 2.22. The molecule has 0 unspecified atom stereocenters. The molecule has 1 amide bonds. The van der Waals surface area contributed by atoms with Gasteiger partial charge in [-0.25, -0.2) is 4.79 Å². The standard InChI is InChI=1S/C17H24N4O3S/c1-3-5-9-21-15(18)14(16(23)19-17(21)24)20(4-2)13(22)7-6-12-8-10-25-11-12/h8,10-11H,3-7,9,18H2,1-2H3,(H,19,23,24). The van der Waals surface area contributed by atoms with Crippen molar-refractivity contribution in [2.45, 2.75) is 46.1 Å². The molecule has 0 atom stereocenters. The zero-order chi connectivity index (χ0) is 18.4. The van der Waals surface area contributed by atoms with Gasteiger partial charge in [0.05, 0.1) is 0 Å². The fourth-order valence-electron chi connectivity index (χ4n) is 2.66. The summed E-state index contributed by atoms with van der Waals surface area (Å²) in [6, 6.07) is 1.97. The van der Waals surface area contributed by atoms with E-state index in [1.165, 1.54) is 9.47 Å². The largest absolute Gasteiger partial charge is 0.383 e. The molecule has 0 radical (unpaired) electrons. The normalized spacial score (nSPS) is 10.8. The van der Waals surface area contributed by atoms with Crippen molar-refractivity contribution in [1.29, 1.82) is 0 Å². The second-order valence-corrected chi connectivity index (χ2v) is 6.55. The van der Waals surface area contributed by atoms with Crippen LogP contribution in [0.3, 0.4) is 0 Å².